The van der Waals surface area contributed by atoms with Crippen molar-refractivity contribution in [3.05, 3.63) is 89.0 Å². The summed E-state index contributed by atoms with van der Waals surface area (Å²) in [5, 5.41) is 23.2. The van der Waals surface area contributed by atoms with Crippen LogP contribution in [0.3, 0.4) is 0 Å². The number of benzene rings is 3. The monoisotopic (exact) mass is 477 g/mol. The van der Waals surface area contributed by atoms with Gasteiger partial charge in [0.2, 0.25) is 5.91 Å². The van der Waals surface area contributed by atoms with Crippen LogP contribution in [0.2, 0.25) is 0 Å². The highest BCUT2D eigenvalue weighted by atomic mass is 16.5. The Bertz CT molecular complexity index is 1120. The second kappa shape index (κ2) is 12.0. The van der Waals surface area contributed by atoms with Crippen LogP contribution >= 0.6 is 0 Å². The number of carbonyl (C=O) groups excluding carboxylic acids is 1. The number of amides is 1. The van der Waals surface area contributed by atoms with Gasteiger partial charge in [0.25, 0.3) is 0 Å². The minimum atomic E-state index is -1.10. The standard InChI is InChI=1S/C28H31NO6/c1-18-24(34-2)16-21(17-25(18)35-3)26(30)23(11-7-10-19-8-5-4-6-9-19)27(31)29-22-14-12-20(13-15-22)28(32)33/h4-6,8-9,12-17,23,26,30H,7,10-11H2,1-3H3,(H,29,31)(H,32,33)/t23-,26?/m1/s1. The highest BCUT2D eigenvalue weighted by Crippen LogP contribution is 2.36. The van der Waals surface area contributed by atoms with E-state index in [2.05, 4.69) is 5.32 Å². The zero-order chi connectivity index (χ0) is 25.4. The number of carboxylic acid groups (broad SMARTS) is 1. The Kier molecular flexibility index (Phi) is 8.86. The number of aromatic carboxylic acids is 1. The van der Waals surface area contributed by atoms with Gasteiger partial charge in [-0.1, -0.05) is 30.3 Å². The van der Waals surface area contributed by atoms with Gasteiger partial charge in [0.05, 0.1) is 31.8 Å². The quantitative estimate of drug-likeness (QED) is 0.358. The predicted molar refractivity (Wildman–Crippen MR) is 134 cm³/mol. The van der Waals surface area contributed by atoms with Crippen molar-refractivity contribution in [3.8, 4) is 11.5 Å². The van der Waals surface area contributed by atoms with Crippen LogP contribution in [0.5, 0.6) is 11.5 Å². The molecule has 0 heterocycles. The Morgan fingerprint density at radius 2 is 1.54 bits per heavy atom. The van der Waals surface area contributed by atoms with Crippen molar-refractivity contribution < 1.29 is 29.3 Å². The molecule has 7 nitrogen and oxygen atoms in total. The second-order valence-corrected chi connectivity index (χ2v) is 8.35. The van der Waals surface area contributed by atoms with Gasteiger partial charge in [0.15, 0.2) is 0 Å². The highest BCUT2D eigenvalue weighted by Gasteiger charge is 2.29. The summed E-state index contributed by atoms with van der Waals surface area (Å²) < 4.78 is 10.9. The number of methoxy groups -OCH3 is 2. The van der Waals surface area contributed by atoms with Gasteiger partial charge in [-0.05, 0) is 73.7 Å². The fraction of sp³-hybridized carbons (Fsp3) is 0.286. The zero-order valence-corrected chi connectivity index (χ0v) is 20.2. The molecule has 0 saturated heterocycles. The first-order valence-electron chi connectivity index (χ1n) is 11.4. The Morgan fingerprint density at radius 1 is 0.943 bits per heavy atom. The maximum Gasteiger partial charge on any atom is 0.335 e. The molecule has 7 heteroatoms. The number of carbonyl (C=O) groups is 2. The SMILES string of the molecule is COc1cc(C(O)[C@@H](CCCc2ccccc2)C(=O)Nc2ccc(C(=O)O)cc2)cc(OC)c1C. The number of aliphatic hydroxyl groups excluding tert-OH is 1. The first kappa shape index (κ1) is 25.8. The maximum atomic E-state index is 13.3. The molecular weight excluding hydrogens is 446 g/mol. The molecule has 0 aliphatic rings. The van der Waals surface area contributed by atoms with Crippen molar-refractivity contribution in [1.29, 1.82) is 0 Å². The summed E-state index contributed by atoms with van der Waals surface area (Å²) in [4.78, 5) is 24.4. The molecule has 0 radical (unpaired) electrons. The van der Waals surface area contributed by atoms with Gasteiger partial charge in [0.1, 0.15) is 11.5 Å². The van der Waals surface area contributed by atoms with Crippen molar-refractivity contribution >= 4 is 17.6 Å². The summed E-state index contributed by atoms with van der Waals surface area (Å²) in [6, 6.07) is 19.3. The Hall–Kier alpha value is -3.84. The fourth-order valence-electron chi connectivity index (χ4n) is 4.04. The largest absolute Gasteiger partial charge is 0.496 e. The van der Waals surface area contributed by atoms with Gasteiger partial charge in [-0.15, -0.1) is 0 Å². The molecule has 0 fully saturated rings. The molecule has 0 bridgehead atoms. The second-order valence-electron chi connectivity index (χ2n) is 8.35. The molecule has 3 rings (SSSR count). The normalized spacial score (nSPS) is 12.5. The van der Waals surface area contributed by atoms with Crippen LogP contribution in [0.25, 0.3) is 0 Å². The van der Waals surface area contributed by atoms with E-state index in [1.807, 2.05) is 37.3 Å². The van der Waals surface area contributed by atoms with Gasteiger partial charge in [-0.2, -0.15) is 0 Å². The van der Waals surface area contributed by atoms with E-state index < -0.39 is 18.0 Å². The zero-order valence-electron chi connectivity index (χ0n) is 20.2. The van der Waals surface area contributed by atoms with Crippen molar-refractivity contribution in [2.75, 3.05) is 19.5 Å². The molecule has 3 aromatic carbocycles. The third-order valence-electron chi connectivity index (χ3n) is 6.06. The molecule has 3 N–H and O–H groups in total. The van der Waals surface area contributed by atoms with E-state index in [-0.39, 0.29) is 11.5 Å². The van der Waals surface area contributed by atoms with Gasteiger partial charge in [0, 0.05) is 11.3 Å². The van der Waals surface area contributed by atoms with Gasteiger partial charge in [-0.25, -0.2) is 4.79 Å². The van der Waals surface area contributed by atoms with Crippen molar-refractivity contribution in [1.82, 2.24) is 0 Å². The number of hydrogen-bond donors (Lipinski definition) is 3. The predicted octanol–water partition coefficient (Wildman–Crippen LogP) is 5.02. The summed E-state index contributed by atoms with van der Waals surface area (Å²) >= 11 is 0. The smallest absolute Gasteiger partial charge is 0.335 e. The summed E-state index contributed by atoms with van der Waals surface area (Å²) in [6.45, 7) is 1.86. The van der Waals surface area contributed by atoms with Crippen molar-refractivity contribution in [2.45, 2.75) is 32.3 Å². The molecule has 3 aromatic rings. The van der Waals surface area contributed by atoms with E-state index in [0.29, 0.717) is 35.6 Å². The molecular formula is C28H31NO6. The lowest BCUT2D eigenvalue weighted by Gasteiger charge is -2.24. The number of aliphatic hydroxyl groups is 1. The lowest BCUT2D eigenvalue weighted by atomic mass is 9.88. The van der Waals surface area contributed by atoms with Crippen LogP contribution in [0.15, 0.2) is 66.7 Å². The molecule has 1 unspecified atom stereocenters. The maximum absolute atomic E-state index is 13.3. The number of aryl methyl sites for hydroxylation is 1. The van der Waals surface area contributed by atoms with Crippen molar-refractivity contribution in [3.63, 3.8) is 0 Å². The van der Waals surface area contributed by atoms with Crippen LogP contribution in [0.4, 0.5) is 5.69 Å². The van der Waals surface area contributed by atoms with Crippen LogP contribution in [0, 0.1) is 12.8 Å². The van der Waals surface area contributed by atoms with Crippen molar-refractivity contribution in [2.24, 2.45) is 5.92 Å². The highest BCUT2D eigenvalue weighted by molar-refractivity contribution is 5.94. The minimum Gasteiger partial charge on any atom is -0.496 e. The third-order valence-corrected chi connectivity index (χ3v) is 6.06. The lowest BCUT2D eigenvalue weighted by Crippen LogP contribution is -2.28. The number of nitrogens with one attached hydrogen (secondary N) is 1. The Balaban J connectivity index is 1.84. The number of ether oxygens (including phenoxy) is 2. The van der Waals surface area contributed by atoms with E-state index in [1.54, 1.807) is 26.4 Å². The first-order chi connectivity index (χ1) is 16.8. The molecule has 0 aromatic heterocycles. The summed E-state index contributed by atoms with van der Waals surface area (Å²) in [5.74, 6) is -1.03. The van der Waals surface area contributed by atoms with E-state index >= 15 is 0 Å². The summed E-state index contributed by atoms with van der Waals surface area (Å²) in [6.07, 6.45) is 0.795. The summed E-state index contributed by atoms with van der Waals surface area (Å²) in [7, 11) is 3.09. The molecule has 0 spiro atoms. The topological polar surface area (TPSA) is 105 Å². The number of hydrogen-bond acceptors (Lipinski definition) is 5. The van der Waals surface area contributed by atoms with Gasteiger partial charge < -0.3 is 25.0 Å². The lowest BCUT2D eigenvalue weighted by molar-refractivity contribution is -0.123. The van der Waals surface area contributed by atoms with Crippen LogP contribution in [-0.2, 0) is 11.2 Å². The number of anilines is 1. The van der Waals surface area contributed by atoms with Gasteiger partial charge in [-0.3, -0.25) is 4.79 Å². The van der Waals surface area contributed by atoms with E-state index in [0.717, 1.165) is 17.5 Å². The van der Waals surface area contributed by atoms with Crippen LogP contribution in [0.1, 0.15) is 46.0 Å². The first-order valence-corrected chi connectivity index (χ1v) is 11.4. The number of rotatable bonds is 11. The summed E-state index contributed by atoms with van der Waals surface area (Å²) in [5.41, 5.74) is 3.06. The Morgan fingerprint density at radius 3 is 2.09 bits per heavy atom. The molecule has 0 saturated carbocycles. The van der Waals surface area contributed by atoms with E-state index in [1.165, 1.54) is 24.3 Å². The van der Waals surface area contributed by atoms with Crippen LogP contribution in [-0.4, -0.2) is 36.3 Å². The molecule has 0 aliphatic carbocycles. The molecule has 35 heavy (non-hydrogen) atoms. The fourth-order valence-corrected chi connectivity index (χ4v) is 4.04. The average Bonchev–Trinajstić information content (AvgIpc) is 2.87. The average molecular weight is 478 g/mol. The third kappa shape index (κ3) is 6.61. The minimum absolute atomic E-state index is 0.126. The number of carboxylic acids is 1. The van der Waals surface area contributed by atoms with E-state index in [4.69, 9.17) is 14.6 Å². The Labute approximate surface area is 205 Å². The molecule has 1 amide bonds. The van der Waals surface area contributed by atoms with Crippen LogP contribution < -0.4 is 14.8 Å². The molecule has 184 valence electrons. The molecule has 2 atom stereocenters. The molecule has 0 aliphatic heterocycles. The van der Waals surface area contributed by atoms with Gasteiger partial charge >= 0.3 is 5.97 Å². The van der Waals surface area contributed by atoms with E-state index in [9.17, 15) is 14.7 Å².